The fourth-order valence-corrected chi connectivity index (χ4v) is 7.35. The van der Waals surface area contributed by atoms with E-state index in [4.69, 9.17) is 14.2 Å². The molecule has 0 radical (unpaired) electrons. The van der Waals surface area contributed by atoms with Gasteiger partial charge in [-0.15, -0.1) is 0 Å². The predicted molar refractivity (Wildman–Crippen MR) is 279 cm³/mol. The molecule has 0 N–H and O–H groups in total. The van der Waals surface area contributed by atoms with E-state index in [1.165, 1.54) is 116 Å². The number of esters is 3. The largest absolute Gasteiger partial charge is 0.462 e. The van der Waals surface area contributed by atoms with Crippen molar-refractivity contribution in [1.82, 2.24) is 0 Å². The van der Waals surface area contributed by atoms with Crippen LogP contribution in [0.2, 0.25) is 0 Å². The van der Waals surface area contributed by atoms with Gasteiger partial charge in [0.05, 0.1) is 0 Å². The van der Waals surface area contributed by atoms with Gasteiger partial charge in [0.15, 0.2) is 6.10 Å². The maximum atomic E-state index is 12.8. The highest BCUT2D eigenvalue weighted by Gasteiger charge is 2.19. The van der Waals surface area contributed by atoms with Gasteiger partial charge in [0, 0.05) is 19.3 Å². The minimum absolute atomic E-state index is 0.101. The summed E-state index contributed by atoms with van der Waals surface area (Å²) in [4.78, 5) is 38.0. The third-order valence-electron chi connectivity index (χ3n) is 11.4. The van der Waals surface area contributed by atoms with Crippen LogP contribution < -0.4 is 0 Å². The molecule has 0 bridgehead atoms. The number of ether oxygens (including phenoxy) is 3. The molecule has 0 aromatic heterocycles. The van der Waals surface area contributed by atoms with E-state index in [-0.39, 0.29) is 37.5 Å². The quantitative estimate of drug-likeness (QED) is 0.0262. The van der Waals surface area contributed by atoms with Crippen LogP contribution in [0.5, 0.6) is 0 Å². The highest BCUT2D eigenvalue weighted by atomic mass is 16.6. The minimum atomic E-state index is -0.809. The molecule has 0 heterocycles. The number of hydrogen-bond acceptors (Lipinski definition) is 6. The van der Waals surface area contributed by atoms with E-state index in [1.807, 2.05) is 6.08 Å². The molecule has 0 aliphatic heterocycles. The number of carbonyl (C=O) groups is 3. The van der Waals surface area contributed by atoms with Crippen LogP contribution in [0.1, 0.15) is 252 Å². The van der Waals surface area contributed by atoms with Crippen LogP contribution in [0.4, 0.5) is 0 Å². The van der Waals surface area contributed by atoms with Crippen LogP contribution in [-0.2, 0) is 28.6 Å². The second kappa shape index (κ2) is 53.2. The van der Waals surface area contributed by atoms with Crippen LogP contribution in [0.3, 0.4) is 0 Å². The Labute approximate surface area is 401 Å². The SMILES string of the molecule is CC/C=C\C/C=C\C/C=C\C/C=C\C/C=C\C/C=C\CCC(=O)OC[C@@H](COC(=O)CCCCCCCCCCCCCC)OC(=O)CCCCCCC/C=C\CCCCCCCCC. The second-order valence-electron chi connectivity index (χ2n) is 17.8. The lowest BCUT2D eigenvalue weighted by Gasteiger charge is -2.18. The molecule has 0 amide bonds. The Kier molecular flexibility index (Phi) is 50.4. The van der Waals surface area contributed by atoms with Gasteiger partial charge < -0.3 is 14.2 Å². The number of unbranched alkanes of at least 4 members (excludes halogenated alkanes) is 23. The average Bonchev–Trinajstić information content (AvgIpc) is 3.30. The predicted octanol–water partition coefficient (Wildman–Crippen LogP) is 18.0. The zero-order valence-electron chi connectivity index (χ0n) is 42.5. The van der Waals surface area contributed by atoms with Crippen molar-refractivity contribution in [3.05, 3.63) is 85.1 Å². The van der Waals surface area contributed by atoms with E-state index in [0.717, 1.165) is 89.9 Å². The first kappa shape index (κ1) is 61.6. The van der Waals surface area contributed by atoms with Crippen molar-refractivity contribution in [2.75, 3.05) is 13.2 Å². The van der Waals surface area contributed by atoms with E-state index < -0.39 is 6.10 Å². The zero-order chi connectivity index (χ0) is 47.2. The van der Waals surface area contributed by atoms with Crippen molar-refractivity contribution in [2.45, 2.75) is 258 Å². The maximum Gasteiger partial charge on any atom is 0.306 e. The molecule has 0 rings (SSSR count). The molecule has 1 atom stereocenters. The highest BCUT2D eigenvalue weighted by molar-refractivity contribution is 5.71. The van der Waals surface area contributed by atoms with E-state index in [0.29, 0.717) is 19.3 Å². The molecule has 0 aromatic carbocycles. The summed E-state index contributed by atoms with van der Waals surface area (Å²) in [5.74, 6) is -0.995. The van der Waals surface area contributed by atoms with Crippen LogP contribution in [0, 0.1) is 0 Å². The molecular weight excluding hydrogens is 805 g/mol. The Morgan fingerprint density at radius 3 is 1.03 bits per heavy atom. The molecule has 6 nitrogen and oxygen atoms in total. The molecule has 0 saturated heterocycles. The Bertz CT molecular complexity index is 1270. The average molecular weight is 905 g/mol. The van der Waals surface area contributed by atoms with E-state index in [1.54, 1.807) is 0 Å². The van der Waals surface area contributed by atoms with Gasteiger partial charge in [-0.2, -0.15) is 0 Å². The van der Waals surface area contributed by atoms with Gasteiger partial charge in [-0.25, -0.2) is 0 Å². The summed E-state index contributed by atoms with van der Waals surface area (Å²) in [6, 6.07) is 0. The molecule has 0 saturated carbocycles. The van der Waals surface area contributed by atoms with Crippen molar-refractivity contribution in [3.63, 3.8) is 0 Å². The van der Waals surface area contributed by atoms with E-state index in [9.17, 15) is 14.4 Å². The molecular formula is C59H100O6. The summed E-state index contributed by atoms with van der Waals surface area (Å²) < 4.78 is 16.7. The normalized spacial score (nSPS) is 12.7. The summed E-state index contributed by atoms with van der Waals surface area (Å²) in [5, 5.41) is 0. The smallest absolute Gasteiger partial charge is 0.306 e. The van der Waals surface area contributed by atoms with Gasteiger partial charge in [-0.1, -0.05) is 234 Å². The molecule has 0 fully saturated rings. The summed E-state index contributed by atoms with van der Waals surface area (Å²) in [5.41, 5.74) is 0. The van der Waals surface area contributed by atoms with Crippen LogP contribution in [-0.4, -0.2) is 37.2 Å². The maximum absolute atomic E-state index is 12.8. The Balaban J connectivity index is 4.49. The fraction of sp³-hybridized carbons (Fsp3) is 0.712. The standard InChI is InChI=1S/C59H100O6/c1-4-7-10-13-16-19-22-25-27-29-30-31-33-34-37-40-43-46-49-52-58(61)64-55-56(54-63-57(60)51-48-45-42-39-36-24-21-18-15-12-9-6-3)65-59(62)53-50-47-44-41-38-35-32-28-26-23-20-17-14-11-8-5-2/h7,10,16,19,25,27-28,30-32,34,37,43,46,56H,4-6,8-9,11-15,17-18,20-24,26,29,33,35-36,38-42,44-45,47-55H2,1-3H3/b10-7-,19-16-,27-25-,31-30-,32-28-,37-34-,46-43-/t56-/m1/s1. The number of rotatable bonds is 48. The first-order valence-electron chi connectivity index (χ1n) is 27.1. The lowest BCUT2D eigenvalue weighted by Crippen LogP contribution is -2.30. The summed E-state index contributed by atoms with van der Waals surface area (Å²) in [6.45, 7) is 6.45. The minimum Gasteiger partial charge on any atom is -0.462 e. The van der Waals surface area contributed by atoms with Crippen LogP contribution in [0.15, 0.2) is 85.1 Å². The topological polar surface area (TPSA) is 78.9 Å². The van der Waals surface area contributed by atoms with Crippen LogP contribution in [0.25, 0.3) is 0 Å². The van der Waals surface area contributed by atoms with Crippen molar-refractivity contribution >= 4 is 17.9 Å². The molecule has 0 unspecified atom stereocenters. The Morgan fingerprint density at radius 1 is 0.323 bits per heavy atom. The van der Waals surface area contributed by atoms with E-state index in [2.05, 4.69) is 99.8 Å². The summed E-state index contributed by atoms with van der Waals surface area (Å²) in [7, 11) is 0. The molecule has 0 aliphatic carbocycles. The third kappa shape index (κ3) is 51.4. The van der Waals surface area contributed by atoms with Gasteiger partial charge in [-0.05, 0) is 83.5 Å². The fourth-order valence-electron chi connectivity index (χ4n) is 7.35. The molecule has 6 heteroatoms. The Hall–Kier alpha value is -3.41. The Morgan fingerprint density at radius 2 is 0.631 bits per heavy atom. The van der Waals surface area contributed by atoms with Gasteiger partial charge in [0.25, 0.3) is 0 Å². The molecule has 0 spiro atoms. The third-order valence-corrected chi connectivity index (χ3v) is 11.4. The summed E-state index contributed by atoms with van der Waals surface area (Å²) >= 11 is 0. The van der Waals surface area contributed by atoms with Crippen LogP contribution >= 0.6 is 0 Å². The number of carbonyl (C=O) groups excluding carboxylic acids is 3. The highest BCUT2D eigenvalue weighted by Crippen LogP contribution is 2.14. The van der Waals surface area contributed by atoms with Gasteiger partial charge in [0.1, 0.15) is 13.2 Å². The molecule has 65 heavy (non-hydrogen) atoms. The lowest BCUT2D eigenvalue weighted by atomic mass is 10.0. The van der Waals surface area contributed by atoms with Gasteiger partial charge in [-0.3, -0.25) is 14.4 Å². The van der Waals surface area contributed by atoms with Crippen molar-refractivity contribution in [1.29, 1.82) is 0 Å². The molecule has 0 aromatic rings. The zero-order valence-corrected chi connectivity index (χ0v) is 42.5. The number of hydrogen-bond donors (Lipinski definition) is 0. The first-order chi connectivity index (χ1) is 32.0. The van der Waals surface area contributed by atoms with Crippen molar-refractivity contribution in [2.24, 2.45) is 0 Å². The van der Waals surface area contributed by atoms with Crippen molar-refractivity contribution in [3.8, 4) is 0 Å². The molecule has 372 valence electrons. The van der Waals surface area contributed by atoms with E-state index >= 15 is 0 Å². The van der Waals surface area contributed by atoms with Gasteiger partial charge >= 0.3 is 17.9 Å². The summed E-state index contributed by atoms with van der Waals surface area (Å²) in [6.07, 6.45) is 68.6. The molecule has 0 aliphatic rings. The second-order valence-corrected chi connectivity index (χ2v) is 17.8. The monoisotopic (exact) mass is 905 g/mol. The van der Waals surface area contributed by atoms with Crippen molar-refractivity contribution < 1.29 is 28.6 Å². The number of allylic oxidation sites excluding steroid dienone is 14. The van der Waals surface area contributed by atoms with Gasteiger partial charge in [0.2, 0.25) is 0 Å². The first-order valence-corrected chi connectivity index (χ1v) is 27.1. The lowest BCUT2D eigenvalue weighted by molar-refractivity contribution is -0.166.